The first kappa shape index (κ1) is 9.68. The normalized spacial score (nSPS) is 10.5. The SMILES string of the molecule is C=C/C=C(\CC)NN(C)N=O. The minimum absolute atomic E-state index is 0.811. The first-order valence-corrected chi connectivity index (χ1v) is 3.39. The first-order chi connectivity index (χ1) is 5.24. The summed E-state index contributed by atoms with van der Waals surface area (Å²) in [5.74, 6) is 0. The lowest BCUT2D eigenvalue weighted by Crippen LogP contribution is -2.28. The van der Waals surface area contributed by atoms with Gasteiger partial charge in [-0.1, -0.05) is 19.6 Å². The molecule has 0 bridgehead atoms. The van der Waals surface area contributed by atoms with Crippen molar-refractivity contribution >= 4 is 0 Å². The fourth-order valence-corrected chi connectivity index (χ4v) is 0.605. The number of hydrogen-bond acceptors (Lipinski definition) is 3. The Kier molecular flexibility index (Phi) is 4.81. The Morgan fingerprint density at radius 2 is 2.45 bits per heavy atom. The van der Waals surface area contributed by atoms with E-state index in [0.29, 0.717) is 0 Å². The van der Waals surface area contributed by atoms with E-state index in [2.05, 4.69) is 17.3 Å². The van der Waals surface area contributed by atoms with Gasteiger partial charge >= 0.3 is 0 Å². The molecule has 0 aliphatic rings. The highest BCUT2D eigenvalue weighted by Gasteiger charge is 1.94. The molecule has 0 aliphatic heterocycles. The van der Waals surface area contributed by atoms with Crippen molar-refractivity contribution in [2.75, 3.05) is 7.05 Å². The van der Waals surface area contributed by atoms with E-state index in [0.717, 1.165) is 17.2 Å². The van der Waals surface area contributed by atoms with Gasteiger partial charge < -0.3 is 0 Å². The fourth-order valence-electron chi connectivity index (χ4n) is 0.605. The molecule has 0 aliphatic carbocycles. The Labute approximate surface area is 66.5 Å². The maximum absolute atomic E-state index is 9.92. The van der Waals surface area contributed by atoms with Crippen molar-refractivity contribution in [3.63, 3.8) is 0 Å². The van der Waals surface area contributed by atoms with E-state index in [-0.39, 0.29) is 0 Å². The van der Waals surface area contributed by atoms with E-state index < -0.39 is 0 Å². The smallest absolute Gasteiger partial charge is 0.0728 e. The molecule has 0 fully saturated rings. The molecule has 0 aromatic carbocycles. The van der Waals surface area contributed by atoms with Gasteiger partial charge in [0, 0.05) is 5.70 Å². The Morgan fingerprint density at radius 3 is 2.82 bits per heavy atom. The summed E-state index contributed by atoms with van der Waals surface area (Å²) < 4.78 is 0. The fraction of sp³-hybridized carbons (Fsp3) is 0.429. The number of rotatable bonds is 5. The number of nitroso groups, excluding NO2 is 1. The van der Waals surface area contributed by atoms with E-state index in [1.165, 1.54) is 0 Å². The monoisotopic (exact) mass is 155 g/mol. The maximum Gasteiger partial charge on any atom is 0.0728 e. The zero-order valence-corrected chi connectivity index (χ0v) is 6.87. The molecule has 0 aromatic heterocycles. The number of allylic oxidation sites excluding steroid dienone is 3. The van der Waals surface area contributed by atoms with E-state index in [9.17, 15) is 4.91 Å². The molecule has 0 atom stereocenters. The molecular formula is C7H13N3O. The van der Waals surface area contributed by atoms with Crippen LogP contribution >= 0.6 is 0 Å². The van der Waals surface area contributed by atoms with Gasteiger partial charge in [0.15, 0.2) is 0 Å². The average molecular weight is 155 g/mol. The van der Waals surface area contributed by atoms with Gasteiger partial charge in [0.25, 0.3) is 0 Å². The number of nitrogens with one attached hydrogen (secondary N) is 1. The van der Waals surface area contributed by atoms with Gasteiger partial charge in [0.2, 0.25) is 0 Å². The average Bonchev–Trinajstić information content (AvgIpc) is 2.03. The lowest BCUT2D eigenvalue weighted by molar-refractivity contribution is 0.271. The van der Waals surface area contributed by atoms with Crippen LogP contribution in [0.15, 0.2) is 29.7 Å². The highest BCUT2D eigenvalue weighted by Crippen LogP contribution is 1.96. The van der Waals surface area contributed by atoms with Crippen LogP contribution < -0.4 is 5.43 Å². The molecule has 0 radical (unpaired) electrons. The van der Waals surface area contributed by atoms with Gasteiger partial charge in [-0.2, -0.15) is 5.12 Å². The Morgan fingerprint density at radius 1 is 1.82 bits per heavy atom. The third-order valence-corrected chi connectivity index (χ3v) is 1.13. The topological polar surface area (TPSA) is 44.7 Å². The van der Waals surface area contributed by atoms with Crippen LogP contribution in [0.1, 0.15) is 13.3 Å². The molecule has 0 spiro atoms. The lowest BCUT2D eigenvalue weighted by Gasteiger charge is -2.13. The molecule has 4 nitrogen and oxygen atoms in total. The molecule has 0 rings (SSSR count). The van der Waals surface area contributed by atoms with Crippen LogP contribution in [0, 0.1) is 4.91 Å². The minimum atomic E-state index is 0.811. The van der Waals surface area contributed by atoms with Gasteiger partial charge in [-0.25, -0.2) is 0 Å². The maximum atomic E-state index is 9.92. The summed E-state index contributed by atoms with van der Waals surface area (Å²) in [5, 5.41) is 3.77. The van der Waals surface area contributed by atoms with E-state index in [1.54, 1.807) is 19.2 Å². The van der Waals surface area contributed by atoms with E-state index in [1.807, 2.05) is 6.92 Å². The van der Waals surface area contributed by atoms with Gasteiger partial charge in [-0.05, 0) is 12.5 Å². The van der Waals surface area contributed by atoms with Crippen molar-refractivity contribution in [2.45, 2.75) is 13.3 Å². The van der Waals surface area contributed by atoms with Gasteiger partial charge in [-0.3, -0.25) is 5.43 Å². The predicted molar refractivity (Wildman–Crippen MR) is 45.3 cm³/mol. The second-order valence-electron chi connectivity index (χ2n) is 2.00. The van der Waals surface area contributed by atoms with E-state index in [4.69, 9.17) is 0 Å². The molecule has 0 saturated heterocycles. The van der Waals surface area contributed by atoms with Crippen LogP contribution in [0.3, 0.4) is 0 Å². The Balaban J connectivity index is 3.96. The highest BCUT2D eigenvalue weighted by molar-refractivity contribution is 5.07. The van der Waals surface area contributed by atoms with Crippen LogP contribution in [-0.4, -0.2) is 12.2 Å². The van der Waals surface area contributed by atoms with Crippen molar-refractivity contribution in [3.8, 4) is 0 Å². The summed E-state index contributed by atoms with van der Waals surface area (Å²) in [7, 11) is 1.54. The standard InChI is InChI=1S/C7H13N3O/c1-4-6-7(5-2)8-10(3)9-11/h4,6,8H,1,5H2,2-3H3/b7-6+. The predicted octanol–water partition coefficient (Wildman–Crippen LogP) is 1.58. The number of hydrogen-bond donors (Lipinski definition) is 1. The molecule has 0 unspecified atom stereocenters. The van der Waals surface area contributed by atoms with Crippen LogP contribution in [0.5, 0.6) is 0 Å². The summed E-state index contributed by atoms with van der Waals surface area (Å²) in [6, 6.07) is 0. The zero-order chi connectivity index (χ0) is 8.69. The first-order valence-electron chi connectivity index (χ1n) is 3.39. The molecule has 0 heterocycles. The van der Waals surface area contributed by atoms with Crippen LogP contribution in [0.25, 0.3) is 0 Å². The van der Waals surface area contributed by atoms with Crippen LogP contribution in [0.2, 0.25) is 0 Å². The molecule has 11 heavy (non-hydrogen) atoms. The molecule has 1 N–H and O–H groups in total. The van der Waals surface area contributed by atoms with Gasteiger partial charge in [0.1, 0.15) is 0 Å². The van der Waals surface area contributed by atoms with E-state index >= 15 is 0 Å². The highest BCUT2D eigenvalue weighted by atomic mass is 16.3. The summed E-state index contributed by atoms with van der Waals surface area (Å²) in [5.41, 5.74) is 3.67. The zero-order valence-electron chi connectivity index (χ0n) is 6.87. The second-order valence-corrected chi connectivity index (χ2v) is 2.00. The van der Waals surface area contributed by atoms with Crippen molar-refractivity contribution in [1.29, 1.82) is 0 Å². The summed E-state index contributed by atoms with van der Waals surface area (Å²) >= 11 is 0. The van der Waals surface area contributed by atoms with Crippen molar-refractivity contribution in [1.82, 2.24) is 10.5 Å². The largest absolute Gasteiger partial charge is 0.284 e. The molecule has 0 amide bonds. The third kappa shape index (κ3) is 4.13. The van der Waals surface area contributed by atoms with Gasteiger partial charge in [-0.15, -0.1) is 4.91 Å². The van der Waals surface area contributed by atoms with Crippen LogP contribution in [0.4, 0.5) is 0 Å². The van der Waals surface area contributed by atoms with Crippen molar-refractivity contribution in [3.05, 3.63) is 29.3 Å². The third-order valence-electron chi connectivity index (χ3n) is 1.13. The quantitative estimate of drug-likeness (QED) is 0.372. The summed E-state index contributed by atoms with van der Waals surface area (Å²) in [4.78, 5) is 9.92. The lowest BCUT2D eigenvalue weighted by atomic mass is 10.3. The minimum Gasteiger partial charge on any atom is -0.284 e. The summed E-state index contributed by atoms with van der Waals surface area (Å²) in [6.45, 7) is 5.51. The molecule has 62 valence electrons. The van der Waals surface area contributed by atoms with Crippen molar-refractivity contribution < 1.29 is 0 Å². The molecule has 0 aromatic rings. The Hall–Kier alpha value is -1.32. The molecule has 4 heteroatoms. The molecule has 0 saturated carbocycles. The molecular weight excluding hydrogens is 142 g/mol. The Bertz CT molecular complexity index is 165. The van der Waals surface area contributed by atoms with Crippen LogP contribution in [-0.2, 0) is 0 Å². The second kappa shape index (κ2) is 5.46. The summed E-state index contributed by atoms with van der Waals surface area (Å²) in [6.07, 6.45) is 4.26. The van der Waals surface area contributed by atoms with Gasteiger partial charge in [0.05, 0.1) is 12.3 Å². The number of hydrazine groups is 1. The number of nitrogens with zero attached hydrogens (tertiary/aromatic N) is 2. The van der Waals surface area contributed by atoms with Crippen molar-refractivity contribution in [2.24, 2.45) is 5.29 Å².